The van der Waals surface area contributed by atoms with Crippen LogP contribution in [0.5, 0.6) is 0 Å². The van der Waals surface area contributed by atoms with E-state index >= 15 is 0 Å². The first-order valence-corrected chi connectivity index (χ1v) is 10.9. The van der Waals surface area contributed by atoms with Crippen LogP contribution >= 0.6 is 11.6 Å². The van der Waals surface area contributed by atoms with Crippen molar-refractivity contribution in [2.45, 2.75) is 18.4 Å². The van der Waals surface area contributed by atoms with Gasteiger partial charge in [-0.05, 0) is 41.5 Å². The number of nitrogens with one attached hydrogen (secondary N) is 1. The molecule has 1 amide bonds. The van der Waals surface area contributed by atoms with Gasteiger partial charge in [0, 0.05) is 49.3 Å². The Hall–Kier alpha value is -2.63. The fraction of sp³-hybridized carbons (Fsp3) is 0.333. The fourth-order valence-corrected chi connectivity index (χ4v) is 4.81. The van der Waals surface area contributed by atoms with Crippen molar-refractivity contribution in [3.63, 3.8) is 0 Å². The first-order valence-electron chi connectivity index (χ1n) is 10.6. The van der Waals surface area contributed by atoms with Gasteiger partial charge in [-0.1, -0.05) is 48.0 Å². The van der Waals surface area contributed by atoms with Crippen LogP contribution in [-0.2, 0) is 4.79 Å². The van der Waals surface area contributed by atoms with Crippen LogP contribution in [0.3, 0.4) is 0 Å². The normalized spacial score (nSPS) is 21.9. The van der Waals surface area contributed by atoms with Gasteiger partial charge in [-0.25, -0.2) is 4.98 Å². The second kappa shape index (κ2) is 8.25. The highest BCUT2D eigenvalue weighted by atomic mass is 35.5. The van der Waals surface area contributed by atoms with Crippen LogP contribution in [-0.4, -0.2) is 54.6 Å². The average Bonchev–Trinajstić information content (AvgIpc) is 3.29. The Labute approximate surface area is 181 Å². The number of hydrogen-bond acceptors (Lipinski definition) is 4. The topological polar surface area (TPSA) is 48.5 Å². The van der Waals surface area contributed by atoms with Crippen molar-refractivity contribution < 1.29 is 4.79 Å². The third kappa shape index (κ3) is 3.75. The summed E-state index contributed by atoms with van der Waals surface area (Å²) in [5, 5.41) is 6.35. The van der Waals surface area contributed by atoms with Crippen molar-refractivity contribution in [1.29, 1.82) is 0 Å². The molecule has 0 unspecified atom stereocenters. The van der Waals surface area contributed by atoms with Crippen LogP contribution < -0.4 is 10.2 Å². The fourth-order valence-electron chi connectivity index (χ4n) is 4.64. The van der Waals surface area contributed by atoms with Crippen LogP contribution in [0.1, 0.15) is 17.9 Å². The van der Waals surface area contributed by atoms with Gasteiger partial charge in [0.25, 0.3) is 0 Å². The van der Waals surface area contributed by atoms with Gasteiger partial charge >= 0.3 is 0 Å². The number of benzene rings is 2. The molecule has 30 heavy (non-hydrogen) atoms. The summed E-state index contributed by atoms with van der Waals surface area (Å²) in [6.07, 6.45) is 2.71. The quantitative estimate of drug-likeness (QED) is 0.702. The van der Waals surface area contributed by atoms with Gasteiger partial charge in [-0.2, -0.15) is 0 Å². The van der Waals surface area contributed by atoms with E-state index < -0.39 is 0 Å². The number of hydrogen-bond donors (Lipinski definition) is 1. The third-order valence-corrected chi connectivity index (χ3v) is 6.53. The molecule has 154 valence electrons. The number of pyridine rings is 1. The molecule has 2 atom stereocenters. The Kier molecular flexibility index (Phi) is 5.32. The maximum absolute atomic E-state index is 13.1. The van der Waals surface area contributed by atoms with Crippen LogP contribution in [0.25, 0.3) is 10.8 Å². The van der Waals surface area contributed by atoms with Crippen molar-refractivity contribution in [2.24, 2.45) is 0 Å². The summed E-state index contributed by atoms with van der Waals surface area (Å²) < 4.78 is 0. The number of fused-ring (bicyclic) bond motifs is 1. The van der Waals surface area contributed by atoms with Crippen LogP contribution in [0, 0.1) is 0 Å². The molecule has 0 spiro atoms. The molecule has 5 rings (SSSR count). The largest absolute Gasteiger partial charge is 0.353 e. The van der Waals surface area contributed by atoms with E-state index in [0.29, 0.717) is 24.0 Å². The molecule has 3 aromatic rings. The van der Waals surface area contributed by atoms with E-state index in [-0.39, 0.29) is 11.9 Å². The van der Waals surface area contributed by atoms with Crippen molar-refractivity contribution in [2.75, 3.05) is 37.6 Å². The van der Waals surface area contributed by atoms with Crippen molar-refractivity contribution in [3.05, 3.63) is 71.4 Å². The second-order valence-electron chi connectivity index (χ2n) is 8.12. The van der Waals surface area contributed by atoms with E-state index in [9.17, 15) is 4.79 Å². The van der Waals surface area contributed by atoms with Crippen LogP contribution in [0.2, 0.25) is 5.02 Å². The zero-order valence-electron chi connectivity index (χ0n) is 16.8. The molecule has 6 heteroatoms. The lowest BCUT2D eigenvalue weighted by Gasteiger charge is -2.37. The Morgan fingerprint density at radius 1 is 1.03 bits per heavy atom. The Morgan fingerprint density at radius 2 is 1.83 bits per heavy atom. The number of halogens is 1. The van der Waals surface area contributed by atoms with Crippen molar-refractivity contribution in [1.82, 2.24) is 15.2 Å². The third-order valence-electron chi connectivity index (χ3n) is 6.30. The van der Waals surface area contributed by atoms with Crippen molar-refractivity contribution in [3.8, 4) is 0 Å². The van der Waals surface area contributed by atoms with Crippen molar-refractivity contribution >= 4 is 34.1 Å². The highest BCUT2D eigenvalue weighted by Crippen LogP contribution is 2.29. The highest BCUT2D eigenvalue weighted by Gasteiger charge is 2.34. The Bertz CT molecular complexity index is 1050. The highest BCUT2D eigenvalue weighted by molar-refractivity contribution is 6.31. The van der Waals surface area contributed by atoms with Crippen LogP contribution in [0.15, 0.2) is 60.8 Å². The number of rotatable bonds is 3. The van der Waals surface area contributed by atoms with Crippen LogP contribution in [0.4, 0.5) is 5.82 Å². The van der Waals surface area contributed by atoms with E-state index in [2.05, 4.69) is 39.5 Å². The molecule has 0 saturated carbocycles. The molecular formula is C24H25ClN4O. The number of piperazine rings is 1. The van der Waals surface area contributed by atoms with E-state index in [1.165, 1.54) is 5.56 Å². The predicted molar refractivity (Wildman–Crippen MR) is 121 cm³/mol. The monoisotopic (exact) mass is 420 g/mol. The Morgan fingerprint density at radius 3 is 2.63 bits per heavy atom. The van der Waals surface area contributed by atoms with E-state index in [0.717, 1.165) is 42.6 Å². The molecule has 3 heterocycles. The summed E-state index contributed by atoms with van der Waals surface area (Å²) in [6.45, 7) is 3.84. The molecule has 1 N–H and O–H groups in total. The summed E-state index contributed by atoms with van der Waals surface area (Å²) in [6, 6.07) is 18.3. The number of aromatic nitrogens is 1. The molecule has 0 bridgehead atoms. The zero-order valence-corrected chi connectivity index (χ0v) is 17.6. The minimum absolute atomic E-state index is 0.0868. The maximum Gasteiger partial charge on any atom is 0.239 e. The molecular weight excluding hydrogens is 396 g/mol. The number of carbonyl (C=O) groups excluding carboxylic acids is 1. The number of amides is 1. The van der Waals surface area contributed by atoms with Gasteiger partial charge in [-0.3, -0.25) is 4.79 Å². The maximum atomic E-state index is 13.1. The first-order chi connectivity index (χ1) is 14.7. The first kappa shape index (κ1) is 19.3. The zero-order chi connectivity index (χ0) is 20.5. The lowest BCUT2D eigenvalue weighted by atomic mass is 9.96. The van der Waals surface area contributed by atoms with E-state index in [1.807, 2.05) is 41.4 Å². The van der Waals surface area contributed by atoms with Gasteiger partial charge < -0.3 is 15.1 Å². The number of nitrogens with zero attached hydrogens (tertiary/aromatic N) is 3. The number of carbonyl (C=O) groups is 1. The molecule has 5 nitrogen and oxygen atoms in total. The van der Waals surface area contributed by atoms with Gasteiger partial charge in [0.05, 0.1) is 6.04 Å². The summed E-state index contributed by atoms with van der Waals surface area (Å²) >= 11 is 6.22. The Balaban J connectivity index is 1.23. The van der Waals surface area contributed by atoms with Gasteiger partial charge in [0.1, 0.15) is 5.82 Å². The second-order valence-corrected chi connectivity index (χ2v) is 8.55. The molecule has 1 aromatic heterocycles. The van der Waals surface area contributed by atoms with E-state index in [1.54, 1.807) is 0 Å². The summed E-state index contributed by atoms with van der Waals surface area (Å²) in [5.74, 6) is 1.58. The molecule has 0 aliphatic carbocycles. The molecule has 2 saturated heterocycles. The lowest BCUT2D eigenvalue weighted by Crippen LogP contribution is -2.53. The summed E-state index contributed by atoms with van der Waals surface area (Å²) in [5.41, 5.74) is 1.31. The molecule has 0 radical (unpaired) electrons. The van der Waals surface area contributed by atoms with E-state index in [4.69, 9.17) is 11.6 Å². The van der Waals surface area contributed by atoms with Gasteiger partial charge in [-0.15, -0.1) is 0 Å². The minimum Gasteiger partial charge on any atom is -0.353 e. The summed E-state index contributed by atoms with van der Waals surface area (Å²) in [7, 11) is 0. The number of anilines is 1. The molecule has 2 aliphatic heterocycles. The average molecular weight is 421 g/mol. The van der Waals surface area contributed by atoms with Gasteiger partial charge in [0.2, 0.25) is 5.91 Å². The molecule has 2 fully saturated rings. The molecule has 2 aliphatic rings. The standard InChI is InChI=1S/C24H25ClN4O/c25-20-7-6-18-8-9-26-23(21(18)15-20)28-10-12-29(13-11-28)24(30)22-14-19(16-27-22)17-4-2-1-3-5-17/h1-9,15,19,22,27H,10-14,16H2/t19-,22-/m1/s1. The SMILES string of the molecule is O=C([C@H]1C[C@@H](c2ccccc2)CN1)N1CCN(c2nccc3ccc(Cl)cc23)CC1. The molecule has 2 aromatic carbocycles. The smallest absolute Gasteiger partial charge is 0.239 e. The predicted octanol–water partition coefficient (Wildman–Crippen LogP) is 3.68. The van der Waals surface area contributed by atoms with Gasteiger partial charge in [0.15, 0.2) is 0 Å². The minimum atomic E-state index is -0.0868. The lowest BCUT2D eigenvalue weighted by molar-refractivity contribution is -0.133. The summed E-state index contributed by atoms with van der Waals surface area (Å²) in [4.78, 5) is 22.0.